The Morgan fingerprint density at radius 1 is 1.29 bits per heavy atom. The Morgan fingerprint density at radius 3 is 2.62 bits per heavy atom. The van der Waals surface area contributed by atoms with Gasteiger partial charge in [0.15, 0.2) is 0 Å². The van der Waals surface area contributed by atoms with E-state index in [9.17, 15) is 9.59 Å². The second kappa shape index (κ2) is 7.04. The maximum Gasteiger partial charge on any atom is 0.310 e. The number of nitrogens with one attached hydrogen (secondary N) is 1. The van der Waals surface area contributed by atoms with Crippen LogP contribution in [0.25, 0.3) is 0 Å². The smallest absolute Gasteiger partial charge is 0.310 e. The summed E-state index contributed by atoms with van der Waals surface area (Å²) in [5.74, 6) is -1.61. The minimum Gasteiger partial charge on any atom is -0.481 e. The van der Waals surface area contributed by atoms with Gasteiger partial charge in [-0.25, -0.2) is 0 Å². The number of aryl methyl sites for hydroxylation is 1. The molecule has 3 atom stereocenters. The molecule has 0 aliphatic heterocycles. The highest BCUT2D eigenvalue weighted by Crippen LogP contribution is 2.18. The molecular weight excluding hydrogens is 268 g/mol. The Labute approximate surface area is 123 Å². The van der Waals surface area contributed by atoms with E-state index in [1.807, 2.05) is 30.3 Å². The second-order valence-electron chi connectivity index (χ2n) is 5.31. The monoisotopic (exact) mass is 288 g/mol. The van der Waals surface area contributed by atoms with Gasteiger partial charge in [0, 0.05) is 6.04 Å². The van der Waals surface area contributed by atoms with Crippen LogP contribution in [0.2, 0.25) is 0 Å². The van der Waals surface area contributed by atoms with Crippen LogP contribution in [0.5, 0.6) is 0 Å². The highest BCUT2D eigenvalue weighted by molar-refractivity contribution is 5.82. The van der Waals surface area contributed by atoms with Crippen LogP contribution < -0.4 is 11.1 Å². The molecule has 1 aromatic carbocycles. The lowest BCUT2D eigenvalue weighted by molar-refractivity contribution is -0.140. The number of hydrogen-bond donors (Lipinski definition) is 3. The zero-order valence-corrected chi connectivity index (χ0v) is 11.7. The number of rotatable bonds is 6. The van der Waals surface area contributed by atoms with Crippen molar-refractivity contribution >= 4 is 11.9 Å². The van der Waals surface area contributed by atoms with Crippen LogP contribution in [-0.4, -0.2) is 29.1 Å². The van der Waals surface area contributed by atoms with Crippen molar-refractivity contribution in [3.8, 4) is 0 Å². The lowest BCUT2D eigenvalue weighted by atomic mass is 10.0. The molecule has 0 radical (unpaired) electrons. The predicted molar refractivity (Wildman–Crippen MR) is 79.6 cm³/mol. The molecule has 1 aliphatic rings. The Balaban J connectivity index is 1.76. The molecule has 5 heteroatoms. The average molecular weight is 288 g/mol. The maximum absolute atomic E-state index is 12.0. The van der Waals surface area contributed by atoms with Gasteiger partial charge < -0.3 is 16.2 Å². The van der Waals surface area contributed by atoms with E-state index in [1.165, 1.54) is 0 Å². The quantitative estimate of drug-likeness (QED) is 0.683. The average Bonchev–Trinajstić information content (AvgIpc) is 2.94. The van der Waals surface area contributed by atoms with Gasteiger partial charge in [-0.1, -0.05) is 42.5 Å². The minimum absolute atomic E-state index is 0.230. The Hall–Kier alpha value is -2.14. The molecule has 2 unspecified atom stereocenters. The second-order valence-corrected chi connectivity index (χ2v) is 5.31. The van der Waals surface area contributed by atoms with Crippen LogP contribution in [0.4, 0.5) is 0 Å². The molecule has 1 aromatic rings. The summed E-state index contributed by atoms with van der Waals surface area (Å²) in [4.78, 5) is 22.8. The summed E-state index contributed by atoms with van der Waals surface area (Å²) in [6.07, 6.45) is 5.04. The van der Waals surface area contributed by atoms with Gasteiger partial charge in [0.2, 0.25) is 5.91 Å². The van der Waals surface area contributed by atoms with Crippen molar-refractivity contribution in [3.63, 3.8) is 0 Å². The lowest BCUT2D eigenvalue weighted by Crippen LogP contribution is -2.44. The minimum atomic E-state index is -0.864. The number of carboxylic acids is 1. The summed E-state index contributed by atoms with van der Waals surface area (Å²) in [5.41, 5.74) is 7.03. The van der Waals surface area contributed by atoms with Gasteiger partial charge in [-0.2, -0.15) is 0 Å². The van der Waals surface area contributed by atoms with E-state index in [0.29, 0.717) is 12.8 Å². The fourth-order valence-electron chi connectivity index (χ4n) is 2.38. The molecule has 2 rings (SSSR count). The fraction of sp³-hybridized carbons (Fsp3) is 0.375. The van der Waals surface area contributed by atoms with Crippen LogP contribution >= 0.6 is 0 Å². The summed E-state index contributed by atoms with van der Waals surface area (Å²) in [6, 6.07) is 9.04. The van der Waals surface area contributed by atoms with E-state index in [1.54, 1.807) is 12.2 Å². The van der Waals surface area contributed by atoms with Crippen LogP contribution in [0.3, 0.4) is 0 Å². The van der Waals surface area contributed by atoms with Gasteiger partial charge in [-0.3, -0.25) is 9.59 Å². The van der Waals surface area contributed by atoms with Crippen LogP contribution in [0, 0.1) is 5.92 Å². The predicted octanol–water partition coefficient (Wildman–Crippen LogP) is 1.09. The highest BCUT2D eigenvalue weighted by Gasteiger charge is 2.26. The number of carbonyl (C=O) groups is 2. The summed E-state index contributed by atoms with van der Waals surface area (Å²) < 4.78 is 0. The van der Waals surface area contributed by atoms with E-state index < -0.39 is 17.9 Å². The molecule has 112 valence electrons. The van der Waals surface area contributed by atoms with Crippen molar-refractivity contribution < 1.29 is 14.7 Å². The largest absolute Gasteiger partial charge is 0.481 e. The zero-order chi connectivity index (χ0) is 15.2. The van der Waals surface area contributed by atoms with Crippen molar-refractivity contribution in [2.24, 2.45) is 11.7 Å². The third-order valence-corrected chi connectivity index (χ3v) is 3.65. The number of hydrogen-bond acceptors (Lipinski definition) is 3. The van der Waals surface area contributed by atoms with Crippen molar-refractivity contribution in [2.45, 2.75) is 31.3 Å². The van der Waals surface area contributed by atoms with Crippen LogP contribution in [0.15, 0.2) is 42.5 Å². The zero-order valence-electron chi connectivity index (χ0n) is 11.7. The molecule has 1 amide bonds. The van der Waals surface area contributed by atoms with Crippen molar-refractivity contribution in [1.29, 1.82) is 0 Å². The van der Waals surface area contributed by atoms with Crippen molar-refractivity contribution in [2.75, 3.05) is 0 Å². The number of carboxylic acid groups (broad SMARTS) is 1. The first-order chi connectivity index (χ1) is 10.1. The normalized spacial score (nSPS) is 22.0. The van der Waals surface area contributed by atoms with E-state index >= 15 is 0 Å². The maximum atomic E-state index is 12.0. The SMILES string of the molecule is N[C@@H](CCc1ccccc1)C(=O)NC1C=CC(C(=O)O)C1. The number of amides is 1. The first-order valence-corrected chi connectivity index (χ1v) is 7.07. The van der Waals surface area contributed by atoms with Crippen molar-refractivity contribution in [3.05, 3.63) is 48.0 Å². The summed E-state index contributed by atoms with van der Waals surface area (Å²) in [5, 5.41) is 11.7. The summed E-state index contributed by atoms with van der Waals surface area (Å²) >= 11 is 0. The van der Waals surface area contributed by atoms with Gasteiger partial charge in [0.25, 0.3) is 0 Å². The van der Waals surface area contributed by atoms with E-state index in [4.69, 9.17) is 10.8 Å². The Morgan fingerprint density at radius 2 is 2.00 bits per heavy atom. The van der Waals surface area contributed by atoms with Gasteiger partial charge in [-0.15, -0.1) is 0 Å². The summed E-state index contributed by atoms with van der Waals surface area (Å²) in [7, 11) is 0. The molecule has 0 saturated heterocycles. The molecule has 5 nitrogen and oxygen atoms in total. The first kappa shape index (κ1) is 15.3. The topological polar surface area (TPSA) is 92.4 Å². The molecule has 4 N–H and O–H groups in total. The molecule has 0 saturated carbocycles. The fourth-order valence-corrected chi connectivity index (χ4v) is 2.38. The van der Waals surface area contributed by atoms with Gasteiger partial charge in [0.1, 0.15) is 0 Å². The molecule has 0 fully saturated rings. The summed E-state index contributed by atoms with van der Waals surface area (Å²) in [6.45, 7) is 0. The van der Waals surface area contributed by atoms with E-state index in [0.717, 1.165) is 12.0 Å². The molecule has 1 aliphatic carbocycles. The standard InChI is InChI=1S/C16H20N2O3/c17-14(9-6-11-4-2-1-3-5-11)15(19)18-13-8-7-12(10-13)16(20)21/h1-5,7-8,12-14H,6,9-10,17H2,(H,18,19)(H,20,21)/t12?,13?,14-/m0/s1. The number of aliphatic carboxylic acids is 1. The molecular formula is C16H20N2O3. The van der Waals surface area contributed by atoms with Gasteiger partial charge in [-0.05, 0) is 24.8 Å². The lowest BCUT2D eigenvalue weighted by Gasteiger charge is -2.16. The van der Waals surface area contributed by atoms with E-state index in [-0.39, 0.29) is 11.9 Å². The highest BCUT2D eigenvalue weighted by atomic mass is 16.4. The van der Waals surface area contributed by atoms with E-state index in [2.05, 4.69) is 5.32 Å². The van der Waals surface area contributed by atoms with Crippen molar-refractivity contribution in [1.82, 2.24) is 5.32 Å². The molecule has 0 heterocycles. The Kier molecular flexibility index (Phi) is 5.11. The molecule has 21 heavy (non-hydrogen) atoms. The molecule has 0 spiro atoms. The number of benzene rings is 1. The van der Waals surface area contributed by atoms with Crippen LogP contribution in [-0.2, 0) is 16.0 Å². The first-order valence-electron chi connectivity index (χ1n) is 7.07. The van der Waals surface area contributed by atoms with Gasteiger partial charge >= 0.3 is 5.97 Å². The van der Waals surface area contributed by atoms with Crippen LogP contribution in [0.1, 0.15) is 18.4 Å². The van der Waals surface area contributed by atoms with Gasteiger partial charge in [0.05, 0.1) is 12.0 Å². The third kappa shape index (κ3) is 4.43. The number of carbonyl (C=O) groups excluding carboxylic acids is 1. The Bertz CT molecular complexity index is 528. The molecule has 0 aromatic heterocycles. The molecule has 0 bridgehead atoms. The number of nitrogens with two attached hydrogens (primary N) is 1. The third-order valence-electron chi connectivity index (χ3n) is 3.65.